The van der Waals surface area contributed by atoms with Gasteiger partial charge in [-0.1, -0.05) is 42.1 Å². The molecule has 0 radical (unpaired) electrons. The van der Waals surface area contributed by atoms with E-state index in [1.165, 1.54) is 5.56 Å². The highest BCUT2D eigenvalue weighted by Crippen LogP contribution is 2.24. The molecule has 1 aromatic carbocycles. The van der Waals surface area contributed by atoms with E-state index in [1.54, 1.807) is 24.3 Å². The predicted molar refractivity (Wildman–Crippen MR) is 95.8 cm³/mol. The molecule has 24 heavy (non-hydrogen) atoms. The second-order valence-corrected chi connectivity index (χ2v) is 7.24. The number of nitrogens with zero attached hydrogens (tertiary/aromatic N) is 4. The Bertz CT molecular complexity index is 766. The van der Waals surface area contributed by atoms with Crippen molar-refractivity contribution in [2.24, 2.45) is 0 Å². The quantitative estimate of drug-likeness (QED) is 0.670. The van der Waals surface area contributed by atoms with Crippen LogP contribution in [0.3, 0.4) is 0 Å². The van der Waals surface area contributed by atoms with Gasteiger partial charge in [0.1, 0.15) is 0 Å². The molecule has 0 saturated heterocycles. The number of hydrogen-bond acceptors (Lipinski definition) is 4. The van der Waals surface area contributed by atoms with Crippen LogP contribution in [-0.2, 0) is 18.8 Å². The van der Waals surface area contributed by atoms with Crippen molar-refractivity contribution < 1.29 is 5.11 Å². The summed E-state index contributed by atoms with van der Waals surface area (Å²) in [6, 6.07) is 10.3. The lowest BCUT2D eigenvalue weighted by Crippen LogP contribution is -2.35. The SMILES string of the molecule is Cc1cn(CC(C)(O)Cn2ccnc2)c(SCc2ccccc2)n1. The van der Waals surface area contributed by atoms with E-state index in [9.17, 15) is 5.11 Å². The molecule has 1 unspecified atom stereocenters. The first-order valence-electron chi connectivity index (χ1n) is 7.90. The number of aryl methyl sites for hydroxylation is 1. The topological polar surface area (TPSA) is 55.9 Å². The minimum atomic E-state index is -0.879. The molecule has 1 N–H and O–H groups in total. The normalized spacial score (nSPS) is 13.8. The maximum absolute atomic E-state index is 10.8. The zero-order chi connectivity index (χ0) is 17.0. The number of hydrogen-bond donors (Lipinski definition) is 1. The van der Waals surface area contributed by atoms with Gasteiger partial charge >= 0.3 is 0 Å². The summed E-state index contributed by atoms with van der Waals surface area (Å²) in [7, 11) is 0. The molecular formula is C18H22N4OS. The molecular weight excluding hydrogens is 320 g/mol. The smallest absolute Gasteiger partial charge is 0.168 e. The number of imidazole rings is 2. The fourth-order valence-corrected chi connectivity index (χ4v) is 3.65. The fourth-order valence-electron chi connectivity index (χ4n) is 2.67. The van der Waals surface area contributed by atoms with Crippen LogP contribution in [0.1, 0.15) is 18.2 Å². The number of thioether (sulfide) groups is 1. The van der Waals surface area contributed by atoms with Crippen molar-refractivity contribution in [2.75, 3.05) is 0 Å². The molecule has 0 aliphatic rings. The summed E-state index contributed by atoms with van der Waals surface area (Å²) in [5.74, 6) is 0.862. The van der Waals surface area contributed by atoms with Gasteiger partial charge in [0.05, 0.1) is 30.7 Å². The van der Waals surface area contributed by atoms with Crippen LogP contribution in [0.4, 0.5) is 0 Å². The van der Waals surface area contributed by atoms with Crippen molar-refractivity contribution >= 4 is 11.8 Å². The largest absolute Gasteiger partial charge is 0.386 e. The van der Waals surface area contributed by atoms with Crippen LogP contribution in [0.2, 0.25) is 0 Å². The molecule has 0 amide bonds. The van der Waals surface area contributed by atoms with Gasteiger partial charge in [-0.2, -0.15) is 0 Å². The van der Waals surface area contributed by atoms with Crippen molar-refractivity contribution in [3.05, 3.63) is 66.5 Å². The highest BCUT2D eigenvalue weighted by Gasteiger charge is 2.23. The van der Waals surface area contributed by atoms with Crippen LogP contribution in [0.25, 0.3) is 0 Å². The van der Waals surface area contributed by atoms with Crippen molar-refractivity contribution in [3.63, 3.8) is 0 Å². The molecule has 0 aliphatic heterocycles. The lowest BCUT2D eigenvalue weighted by molar-refractivity contribution is 0.0222. The molecule has 2 aromatic heterocycles. The average Bonchev–Trinajstić information content (AvgIpc) is 3.15. The van der Waals surface area contributed by atoms with Gasteiger partial charge in [-0.3, -0.25) is 0 Å². The Balaban J connectivity index is 1.69. The summed E-state index contributed by atoms with van der Waals surface area (Å²) in [4.78, 5) is 8.63. The summed E-state index contributed by atoms with van der Waals surface area (Å²) in [5, 5.41) is 11.7. The van der Waals surface area contributed by atoms with E-state index in [1.807, 2.05) is 53.6 Å². The van der Waals surface area contributed by atoms with E-state index in [4.69, 9.17) is 0 Å². The highest BCUT2D eigenvalue weighted by molar-refractivity contribution is 7.98. The van der Waals surface area contributed by atoms with Gasteiger partial charge < -0.3 is 14.2 Å². The molecule has 126 valence electrons. The van der Waals surface area contributed by atoms with Gasteiger partial charge in [0.15, 0.2) is 5.16 Å². The molecule has 0 bridgehead atoms. The van der Waals surface area contributed by atoms with Crippen molar-refractivity contribution in [1.29, 1.82) is 0 Å². The van der Waals surface area contributed by atoms with Crippen LogP contribution in [0, 0.1) is 6.92 Å². The molecule has 0 saturated carbocycles. The Morgan fingerprint density at radius 3 is 2.71 bits per heavy atom. The first kappa shape index (κ1) is 16.8. The van der Waals surface area contributed by atoms with Gasteiger partial charge in [-0.05, 0) is 19.4 Å². The maximum atomic E-state index is 10.8. The number of benzene rings is 1. The van der Waals surface area contributed by atoms with E-state index >= 15 is 0 Å². The lowest BCUT2D eigenvalue weighted by Gasteiger charge is -2.25. The summed E-state index contributed by atoms with van der Waals surface area (Å²) >= 11 is 1.69. The molecule has 2 heterocycles. The van der Waals surface area contributed by atoms with Gasteiger partial charge in [-0.25, -0.2) is 9.97 Å². The van der Waals surface area contributed by atoms with Gasteiger partial charge in [0, 0.05) is 24.3 Å². The molecule has 0 fully saturated rings. The van der Waals surface area contributed by atoms with E-state index in [0.29, 0.717) is 13.1 Å². The molecule has 0 aliphatic carbocycles. The van der Waals surface area contributed by atoms with E-state index in [2.05, 4.69) is 22.1 Å². The zero-order valence-corrected chi connectivity index (χ0v) is 14.8. The van der Waals surface area contributed by atoms with Crippen LogP contribution in [-0.4, -0.2) is 29.8 Å². The minimum Gasteiger partial charge on any atom is -0.386 e. The Morgan fingerprint density at radius 2 is 2.00 bits per heavy atom. The van der Waals surface area contributed by atoms with Crippen LogP contribution in [0.15, 0.2) is 60.4 Å². The van der Waals surface area contributed by atoms with Gasteiger partial charge in [0.2, 0.25) is 0 Å². The Hall–Kier alpha value is -2.05. The van der Waals surface area contributed by atoms with E-state index < -0.39 is 5.60 Å². The first-order chi connectivity index (χ1) is 11.5. The molecule has 0 spiro atoms. The highest BCUT2D eigenvalue weighted by atomic mass is 32.2. The third kappa shape index (κ3) is 4.49. The predicted octanol–water partition coefficient (Wildman–Crippen LogP) is 3.13. The van der Waals surface area contributed by atoms with E-state index in [0.717, 1.165) is 16.6 Å². The van der Waals surface area contributed by atoms with Crippen molar-refractivity contribution in [2.45, 2.75) is 43.4 Å². The van der Waals surface area contributed by atoms with Crippen LogP contribution in [0.5, 0.6) is 0 Å². The third-order valence-corrected chi connectivity index (χ3v) is 4.73. The van der Waals surface area contributed by atoms with Gasteiger partial charge in [-0.15, -0.1) is 0 Å². The molecule has 3 rings (SSSR count). The first-order valence-corrected chi connectivity index (χ1v) is 8.89. The molecule has 6 heteroatoms. The summed E-state index contributed by atoms with van der Waals surface area (Å²) in [6.07, 6.45) is 7.30. The number of aliphatic hydroxyl groups is 1. The second kappa shape index (κ2) is 7.23. The summed E-state index contributed by atoms with van der Waals surface area (Å²) in [6.45, 7) is 4.80. The van der Waals surface area contributed by atoms with Crippen LogP contribution < -0.4 is 0 Å². The molecule has 3 aromatic rings. The third-order valence-electron chi connectivity index (χ3n) is 3.66. The monoisotopic (exact) mass is 342 g/mol. The van der Waals surface area contributed by atoms with E-state index in [-0.39, 0.29) is 0 Å². The van der Waals surface area contributed by atoms with Crippen molar-refractivity contribution in [1.82, 2.24) is 19.1 Å². The summed E-state index contributed by atoms with van der Waals surface area (Å²) < 4.78 is 3.93. The van der Waals surface area contributed by atoms with Crippen molar-refractivity contribution in [3.8, 4) is 0 Å². The zero-order valence-electron chi connectivity index (χ0n) is 14.0. The number of rotatable bonds is 7. The maximum Gasteiger partial charge on any atom is 0.168 e. The molecule has 5 nitrogen and oxygen atoms in total. The minimum absolute atomic E-state index is 0.489. The average molecular weight is 342 g/mol. The molecule has 1 atom stereocenters. The standard InChI is InChI=1S/C18H22N4OS/c1-15-10-22(13-18(2,23)12-21-9-8-19-14-21)17(20-15)24-11-16-6-4-3-5-7-16/h3-10,14,23H,11-13H2,1-2H3. The Kier molecular flexibility index (Phi) is 5.06. The summed E-state index contributed by atoms with van der Waals surface area (Å²) in [5.41, 5.74) is 1.35. The lowest BCUT2D eigenvalue weighted by atomic mass is 10.1. The Labute approximate surface area is 146 Å². The second-order valence-electron chi connectivity index (χ2n) is 6.30. The number of aromatic nitrogens is 4. The Morgan fingerprint density at radius 1 is 1.21 bits per heavy atom. The fraction of sp³-hybridized carbons (Fsp3) is 0.333. The van der Waals surface area contributed by atoms with Gasteiger partial charge in [0.25, 0.3) is 0 Å². The van der Waals surface area contributed by atoms with Crippen LogP contribution >= 0.6 is 11.8 Å².